The van der Waals surface area contributed by atoms with Crippen LogP contribution in [0.2, 0.25) is 0 Å². The Kier molecular flexibility index (Phi) is 5.23. The van der Waals surface area contributed by atoms with Crippen LogP contribution in [0, 0.1) is 0 Å². The Morgan fingerprint density at radius 1 is 1.25 bits per heavy atom. The van der Waals surface area contributed by atoms with Gasteiger partial charge in [0.15, 0.2) is 0 Å². The van der Waals surface area contributed by atoms with Crippen LogP contribution in [0.3, 0.4) is 0 Å². The lowest BCUT2D eigenvalue weighted by Crippen LogP contribution is -2.50. The molecule has 4 rings (SSSR count). The van der Waals surface area contributed by atoms with Gasteiger partial charge in [0.25, 0.3) is 0 Å². The highest BCUT2D eigenvalue weighted by Crippen LogP contribution is 2.38. The molecule has 1 unspecified atom stereocenters. The molecule has 2 aliphatic heterocycles. The first-order valence-corrected chi connectivity index (χ1v) is 9.81. The molecule has 1 atom stereocenters. The summed E-state index contributed by atoms with van der Waals surface area (Å²) in [5.41, 5.74) is 2.93. The fraction of sp³-hybridized carbons (Fsp3) is 0.429. The van der Waals surface area contributed by atoms with E-state index < -0.39 is 0 Å². The first kappa shape index (κ1) is 18.4. The summed E-state index contributed by atoms with van der Waals surface area (Å²) >= 11 is 0. The van der Waals surface area contributed by atoms with E-state index in [1.165, 1.54) is 0 Å². The number of benzene rings is 1. The molecule has 28 heavy (non-hydrogen) atoms. The second-order valence-electron chi connectivity index (χ2n) is 7.13. The van der Waals surface area contributed by atoms with Gasteiger partial charge in [0.2, 0.25) is 0 Å². The number of carbonyl (C=O) groups is 1. The van der Waals surface area contributed by atoms with E-state index in [2.05, 4.69) is 15.2 Å². The molecule has 7 nitrogen and oxygen atoms in total. The maximum Gasteiger partial charge on any atom is 0.322 e. The van der Waals surface area contributed by atoms with Gasteiger partial charge < -0.3 is 24.6 Å². The first-order valence-electron chi connectivity index (χ1n) is 9.81. The molecule has 0 spiro atoms. The number of nitrogens with zero attached hydrogens (tertiary/aromatic N) is 3. The number of nitrogens with one attached hydrogen (secondary N) is 1. The van der Waals surface area contributed by atoms with E-state index in [9.17, 15) is 4.79 Å². The van der Waals surface area contributed by atoms with Crippen LogP contribution in [-0.4, -0.2) is 54.8 Å². The molecule has 1 aromatic carbocycles. The van der Waals surface area contributed by atoms with E-state index >= 15 is 0 Å². The standard InChI is InChI=1S/C21H26N4O3/c1-3-27-20-13-16-12-15(2)28-19(16)14-18(20)23-21(26)25-10-8-24(9-11-25)17-4-6-22-7-5-17/h4-7,13-15H,3,8-12H2,1-2H3,(H,23,26). The van der Waals surface area contributed by atoms with Gasteiger partial charge in [-0.05, 0) is 32.0 Å². The number of ether oxygens (including phenoxy) is 2. The highest BCUT2D eigenvalue weighted by Gasteiger charge is 2.25. The molecular formula is C21H26N4O3. The predicted molar refractivity (Wildman–Crippen MR) is 108 cm³/mol. The van der Waals surface area contributed by atoms with Crippen LogP contribution >= 0.6 is 0 Å². The summed E-state index contributed by atoms with van der Waals surface area (Å²) in [6, 6.07) is 7.75. The quantitative estimate of drug-likeness (QED) is 0.880. The summed E-state index contributed by atoms with van der Waals surface area (Å²) in [6.07, 6.45) is 4.60. The minimum absolute atomic E-state index is 0.110. The van der Waals surface area contributed by atoms with Gasteiger partial charge in [-0.3, -0.25) is 4.98 Å². The molecule has 1 saturated heterocycles. The van der Waals surface area contributed by atoms with Gasteiger partial charge in [-0.25, -0.2) is 4.79 Å². The summed E-state index contributed by atoms with van der Waals surface area (Å²) in [6.45, 7) is 7.44. The minimum Gasteiger partial charge on any atom is -0.492 e. The number of amides is 2. The molecule has 2 aromatic rings. The summed E-state index contributed by atoms with van der Waals surface area (Å²) in [5.74, 6) is 1.52. The van der Waals surface area contributed by atoms with Crippen LogP contribution in [-0.2, 0) is 6.42 Å². The van der Waals surface area contributed by atoms with Crippen LogP contribution in [0.1, 0.15) is 19.4 Å². The fourth-order valence-electron chi connectivity index (χ4n) is 3.73. The van der Waals surface area contributed by atoms with Crippen molar-refractivity contribution in [2.75, 3.05) is 43.0 Å². The Morgan fingerprint density at radius 2 is 2.00 bits per heavy atom. The van der Waals surface area contributed by atoms with Crippen LogP contribution in [0.25, 0.3) is 0 Å². The highest BCUT2D eigenvalue weighted by atomic mass is 16.5. The molecule has 0 radical (unpaired) electrons. The average Bonchev–Trinajstić information content (AvgIpc) is 3.08. The molecule has 3 heterocycles. The molecule has 2 aliphatic rings. The van der Waals surface area contributed by atoms with Gasteiger partial charge in [-0.1, -0.05) is 0 Å². The van der Waals surface area contributed by atoms with Crippen molar-refractivity contribution in [1.29, 1.82) is 0 Å². The number of fused-ring (bicyclic) bond motifs is 1. The van der Waals surface area contributed by atoms with Gasteiger partial charge in [-0.15, -0.1) is 0 Å². The Morgan fingerprint density at radius 3 is 2.71 bits per heavy atom. The Hall–Kier alpha value is -2.96. The third-order valence-corrected chi connectivity index (χ3v) is 5.13. The predicted octanol–water partition coefficient (Wildman–Crippen LogP) is 3.16. The molecule has 0 bridgehead atoms. The zero-order valence-electron chi connectivity index (χ0n) is 16.4. The zero-order valence-corrected chi connectivity index (χ0v) is 16.4. The summed E-state index contributed by atoms with van der Waals surface area (Å²) in [7, 11) is 0. The topological polar surface area (TPSA) is 66.9 Å². The van der Waals surface area contributed by atoms with Crippen molar-refractivity contribution in [1.82, 2.24) is 9.88 Å². The number of rotatable bonds is 4. The van der Waals surface area contributed by atoms with Crippen LogP contribution in [0.15, 0.2) is 36.7 Å². The van der Waals surface area contributed by atoms with Gasteiger partial charge in [0.1, 0.15) is 17.6 Å². The molecule has 0 aliphatic carbocycles. The van der Waals surface area contributed by atoms with Crippen molar-refractivity contribution in [3.63, 3.8) is 0 Å². The van der Waals surface area contributed by atoms with Gasteiger partial charge in [0, 0.05) is 62.3 Å². The number of carbonyl (C=O) groups excluding carboxylic acids is 1. The number of pyridine rings is 1. The van der Waals surface area contributed by atoms with Crippen molar-refractivity contribution >= 4 is 17.4 Å². The van der Waals surface area contributed by atoms with Crippen molar-refractivity contribution in [2.24, 2.45) is 0 Å². The van der Waals surface area contributed by atoms with Gasteiger partial charge in [0.05, 0.1) is 12.3 Å². The largest absolute Gasteiger partial charge is 0.492 e. The monoisotopic (exact) mass is 382 g/mol. The minimum atomic E-state index is -0.110. The number of hydrogen-bond donors (Lipinski definition) is 1. The first-order chi connectivity index (χ1) is 13.6. The number of hydrogen-bond acceptors (Lipinski definition) is 5. The third-order valence-electron chi connectivity index (χ3n) is 5.13. The van der Waals surface area contributed by atoms with Crippen LogP contribution < -0.4 is 19.7 Å². The lowest BCUT2D eigenvalue weighted by atomic mass is 10.1. The second kappa shape index (κ2) is 7.96. The Bertz CT molecular complexity index is 835. The highest BCUT2D eigenvalue weighted by molar-refractivity contribution is 5.91. The Labute approximate surface area is 165 Å². The number of piperazine rings is 1. The normalized spacial score (nSPS) is 18.4. The molecule has 1 N–H and O–H groups in total. The van der Waals surface area contributed by atoms with Gasteiger partial charge >= 0.3 is 6.03 Å². The number of anilines is 2. The van der Waals surface area contributed by atoms with E-state index in [-0.39, 0.29) is 12.1 Å². The molecule has 0 saturated carbocycles. The Balaban J connectivity index is 1.42. The average molecular weight is 382 g/mol. The van der Waals surface area contributed by atoms with Gasteiger partial charge in [-0.2, -0.15) is 0 Å². The molecule has 148 valence electrons. The summed E-state index contributed by atoms with van der Waals surface area (Å²) in [5, 5.41) is 3.02. The zero-order chi connectivity index (χ0) is 19.5. The van der Waals surface area contributed by atoms with Crippen molar-refractivity contribution in [3.05, 3.63) is 42.2 Å². The van der Waals surface area contributed by atoms with Crippen molar-refractivity contribution < 1.29 is 14.3 Å². The SMILES string of the molecule is CCOc1cc2c(cc1NC(=O)N1CCN(c3ccncc3)CC1)OC(C)C2. The molecule has 7 heteroatoms. The van der Waals surface area contributed by atoms with E-state index in [4.69, 9.17) is 9.47 Å². The van der Waals surface area contributed by atoms with Crippen molar-refractivity contribution in [3.8, 4) is 11.5 Å². The molecule has 1 aromatic heterocycles. The van der Waals surface area contributed by atoms with E-state index in [0.717, 1.165) is 36.5 Å². The lowest BCUT2D eigenvalue weighted by Gasteiger charge is -2.36. The number of aromatic nitrogens is 1. The molecule has 1 fully saturated rings. The van der Waals surface area contributed by atoms with E-state index in [0.29, 0.717) is 31.1 Å². The van der Waals surface area contributed by atoms with Crippen LogP contribution in [0.4, 0.5) is 16.2 Å². The summed E-state index contributed by atoms with van der Waals surface area (Å²) < 4.78 is 11.6. The summed E-state index contributed by atoms with van der Waals surface area (Å²) in [4.78, 5) is 21.0. The number of urea groups is 1. The van der Waals surface area contributed by atoms with E-state index in [1.54, 1.807) is 12.4 Å². The lowest BCUT2D eigenvalue weighted by molar-refractivity contribution is 0.208. The molecule has 2 amide bonds. The van der Waals surface area contributed by atoms with Crippen molar-refractivity contribution in [2.45, 2.75) is 26.4 Å². The van der Waals surface area contributed by atoms with E-state index in [1.807, 2.05) is 43.0 Å². The fourth-order valence-corrected chi connectivity index (χ4v) is 3.73. The molecular weight excluding hydrogens is 356 g/mol. The third kappa shape index (κ3) is 3.83. The maximum atomic E-state index is 12.8. The maximum absolute atomic E-state index is 12.8. The smallest absolute Gasteiger partial charge is 0.322 e. The van der Waals surface area contributed by atoms with Crippen LogP contribution in [0.5, 0.6) is 11.5 Å². The second-order valence-corrected chi connectivity index (χ2v) is 7.13.